The smallest absolute Gasteiger partial charge is 0.166 e. The van der Waals surface area contributed by atoms with Crippen molar-refractivity contribution in [3.05, 3.63) is 47.3 Å². The van der Waals surface area contributed by atoms with Crippen LogP contribution in [0.4, 0.5) is 4.39 Å². The average molecular weight is 291 g/mol. The number of rotatable bonds is 7. The highest BCUT2D eigenvalue weighted by Gasteiger charge is 2.10. The summed E-state index contributed by atoms with van der Waals surface area (Å²) in [4.78, 5) is 6.94. The standard InChI is InChI=1S/C14H18FN5O/c1-9-4-10(14(16)17)5-12(15)13(9)21-3-2-18-6-11-7-19-8-20-11/h4-5,7-8,18H,2-3,6H2,1H3,(H3,16,17)(H,19,20). The fourth-order valence-electron chi connectivity index (χ4n) is 1.90. The summed E-state index contributed by atoms with van der Waals surface area (Å²) in [6.07, 6.45) is 3.42. The molecule has 21 heavy (non-hydrogen) atoms. The van der Waals surface area contributed by atoms with Crippen LogP contribution in [0.1, 0.15) is 16.8 Å². The molecular weight excluding hydrogens is 273 g/mol. The third kappa shape index (κ3) is 4.03. The molecule has 0 fully saturated rings. The average Bonchev–Trinajstić information content (AvgIpc) is 2.93. The van der Waals surface area contributed by atoms with Crippen LogP contribution in [0.3, 0.4) is 0 Å². The summed E-state index contributed by atoms with van der Waals surface area (Å²) in [6, 6.07) is 2.85. The lowest BCUT2D eigenvalue weighted by molar-refractivity contribution is 0.296. The van der Waals surface area contributed by atoms with Crippen LogP contribution in [0.25, 0.3) is 0 Å². The predicted molar refractivity (Wildman–Crippen MR) is 77.9 cm³/mol. The molecule has 0 spiro atoms. The molecular formula is C14H18FN5O. The predicted octanol–water partition coefficient (Wildman–Crippen LogP) is 1.31. The zero-order chi connectivity index (χ0) is 15.2. The zero-order valence-electron chi connectivity index (χ0n) is 11.7. The second-order valence-corrected chi connectivity index (χ2v) is 4.60. The van der Waals surface area contributed by atoms with Gasteiger partial charge in [-0.1, -0.05) is 0 Å². The lowest BCUT2D eigenvalue weighted by Crippen LogP contribution is -2.21. The molecule has 0 saturated heterocycles. The van der Waals surface area contributed by atoms with E-state index >= 15 is 0 Å². The first-order valence-electron chi connectivity index (χ1n) is 6.53. The Hall–Kier alpha value is -2.41. The summed E-state index contributed by atoms with van der Waals surface area (Å²) in [7, 11) is 0. The maximum Gasteiger partial charge on any atom is 0.166 e. The van der Waals surface area contributed by atoms with Crippen LogP contribution >= 0.6 is 0 Å². The van der Waals surface area contributed by atoms with Crippen molar-refractivity contribution < 1.29 is 9.13 Å². The molecule has 0 bridgehead atoms. The molecule has 0 atom stereocenters. The Labute approximate surface area is 122 Å². The number of aryl methyl sites for hydroxylation is 1. The fourth-order valence-corrected chi connectivity index (χ4v) is 1.90. The Bertz CT molecular complexity index is 589. The highest BCUT2D eigenvalue weighted by Crippen LogP contribution is 2.23. The Kier molecular flexibility index (Phi) is 4.89. The molecule has 1 aromatic heterocycles. The number of hydrogen-bond donors (Lipinski definition) is 4. The van der Waals surface area contributed by atoms with Crippen molar-refractivity contribution in [3.8, 4) is 5.75 Å². The highest BCUT2D eigenvalue weighted by atomic mass is 19.1. The number of nitrogens with one attached hydrogen (secondary N) is 3. The van der Waals surface area contributed by atoms with Crippen LogP contribution in [0, 0.1) is 18.2 Å². The topological polar surface area (TPSA) is 99.8 Å². The molecule has 0 aliphatic carbocycles. The van der Waals surface area contributed by atoms with Crippen LogP contribution < -0.4 is 15.8 Å². The first kappa shape index (κ1) is 15.0. The molecule has 0 aliphatic rings. The van der Waals surface area contributed by atoms with Crippen LogP contribution in [-0.2, 0) is 6.54 Å². The third-order valence-corrected chi connectivity index (χ3v) is 2.93. The number of benzene rings is 1. The number of nitrogens with zero attached hydrogens (tertiary/aromatic N) is 1. The molecule has 2 rings (SSSR count). The van der Waals surface area contributed by atoms with Crippen molar-refractivity contribution in [1.29, 1.82) is 5.41 Å². The molecule has 6 nitrogen and oxygen atoms in total. The molecule has 1 heterocycles. The molecule has 0 unspecified atom stereocenters. The van der Waals surface area contributed by atoms with E-state index in [0.717, 1.165) is 5.69 Å². The zero-order valence-corrected chi connectivity index (χ0v) is 11.7. The van der Waals surface area contributed by atoms with Gasteiger partial charge in [-0.25, -0.2) is 9.37 Å². The van der Waals surface area contributed by atoms with Gasteiger partial charge in [0.1, 0.15) is 12.4 Å². The van der Waals surface area contributed by atoms with Crippen molar-refractivity contribution in [3.63, 3.8) is 0 Å². The van der Waals surface area contributed by atoms with Gasteiger partial charge in [0.15, 0.2) is 11.6 Å². The lowest BCUT2D eigenvalue weighted by Gasteiger charge is -2.12. The number of aromatic amines is 1. The lowest BCUT2D eigenvalue weighted by atomic mass is 10.1. The number of hydrogen-bond acceptors (Lipinski definition) is 4. The summed E-state index contributed by atoms with van der Waals surface area (Å²) >= 11 is 0. The monoisotopic (exact) mass is 291 g/mol. The molecule has 0 saturated carbocycles. The summed E-state index contributed by atoms with van der Waals surface area (Å²) in [6.45, 7) is 3.25. The van der Waals surface area contributed by atoms with Crippen molar-refractivity contribution in [1.82, 2.24) is 15.3 Å². The summed E-state index contributed by atoms with van der Waals surface area (Å²) in [5.74, 6) is -0.474. The maximum absolute atomic E-state index is 13.9. The Morgan fingerprint density at radius 1 is 1.52 bits per heavy atom. The normalized spacial score (nSPS) is 10.6. The van der Waals surface area contributed by atoms with Gasteiger partial charge in [0, 0.05) is 24.8 Å². The number of halogens is 1. The number of nitrogen functional groups attached to an aromatic ring is 1. The van der Waals surface area contributed by atoms with Gasteiger partial charge in [0.05, 0.1) is 12.0 Å². The van der Waals surface area contributed by atoms with E-state index in [1.165, 1.54) is 6.07 Å². The summed E-state index contributed by atoms with van der Waals surface area (Å²) < 4.78 is 19.3. The van der Waals surface area contributed by atoms with Crippen molar-refractivity contribution in [2.24, 2.45) is 5.73 Å². The van der Waals surface area contributed by atoms with E-state index in [9.17, 15) is 4.39 Å². The van der Waals surface area contributed by atoms with Crippen molar-refractivity contribution in [2.45, 2.75) is 13.5 Å². The Balaban J connectivity index is 1.84. The Morgan fingerprint density at radius 3 is 2.95 bits per heavy atom. The highest BCUT2D eigenvalue weighted by molar-refractivity contribution is 5.95. The second kappa shape index (κ2) is 6.85. The minimum absolute atomic E-state index is 0.163. The maximum atomic E-state index is 13.9. The summed E-state index contributed by atoms with van der Waals surface area (Å²) in [5.41, 5.74) is 7.22. The number of aromatic nitrogens is 2. The van der Waals surface area contributed by atoms with E-state index in [4.69, 9.17) is 15.9 Å². The molecule has 112 valence electrons. The van der Waals surface area contributed by atoms with E-state index in [2.05, 4.69) is 15.3 Å². The first-order chi connectivity index (χ1) is 10.1. The summed E-state index contributed by atoms with van der Waals surface area (Å²) in [5, 5.41) is 10.5. The number of imidazole rings is 1. The fraction of sp³-hybridized carbons (Fsp3) is 0.286. The van der Waals surface area contributed by atoms with Gasteiger partial charge in [-0.15, -0.1) is 0 Å². The second-order valence-electron chi connectivity index (χ2n) is 4.60. The Morgan fingerprint density at radius 2 is 2.33 bits per heavy atom. The van der Waals surface area contributed by atoms with Crippen molar-refractivity contribution in [2.75, 3.05) is 13.2 Å². The van der Waals surface area contributed by atoms with Crippen LogP contribution in [0.2, 0.25) is 0 Å². The number of nitrogens with two attached hydrogens (primary N) is 1. The van der Waals surface area contributed by atoms with E-state index < -0.39 is 5.82 Å². The van der Waals surface area contributed by atoms with Gasteiger partial charge in [-0.2, -0.15) is 0 Å². The van der Waals surface area contributed by atoms with Gasteiger partial charge in [-0.05, 0) is 24.6 Å². The van der Waals surface area contributed by atoms with Gasteiger partial charge < -0.3 is 20.8 Å². The molecule has 0 radical (unpaired) electrons. The van der Waals surface area contributed by atoms with Gasteiger partial charge in [-0.3, -0.25) is 5.41 Å². The molecule has 5 N–H and O–H groups in total. The first-order valence-corrected chi connectivity index (χ1v) is 6.53. The SMILES string of the molecule is Cc1cc(C(=N)N)cc(F)c1OCCNCc1c[nH]cn1. The molecule has 1 aromatic carbocycles. The van der Waals surface area contributed by atoms with Crippen molar-refractivity contribution >= 4 is 5.84 Å². The molecule has 7 heteroatoms. The number of ether oxygens (including phenoxy) is 1. The van der Waals surface area contributed by atoms with E-state index in [1.54, 1.807) is 25.5 Å². The van der Waals surface area contributed by atoms with E-state index in [0.29, 0.717) is 30.8 Å². The van der Waals surface area contributed by atoms with E-state index in [1.807, 2.05) is 0 Å². The van der Waals surface area contributed by atoms with Crippen LogP contribution in [0.5, 0.6) is 5.75 Å². The quantitative estimate of drug-likeness (QED) is 0.351. The molecule has 0 aliphatic heterocycles. The van der Waals surface area contributed by atoms with E-state index in [-0.39, 0.29) is 11.6 Å². The molecule has 0 amide bonds. The van der Waals surface area contributed by atoms with Gasteiger partial charge >= 0.3 is 0 Å². The van der Waals surface area contributed by atoms with Crippen LogP contribution in [-0.4, -0.2) is 29.0 Å². The molecule has 2 aromatic rings. The minimum atomic E-state index is -0.507. The third-order valence-electron chi connectivity index (χ3n) is 2.93. The number of amidine groups is 1. The number of H-pyrrole nitrogens is 1. The minimum Gasteiger partial charge on any atom is -0.489 e. The van der Waals surface area contributed by atoms with Gasteiger partial charge in [0.2, 0.25) is 0 Å². The van der Waals surface area contributed by atoms with Gasteiger partial charge in [0.25, 0.3) is 0 Å². The van der Waals surface area contributed by atoms with Crippen LogP contribution in [0.15, 0.2) is 24.7 Å². The largest absolute Gasteiger partial charge is 0.489 e.